The van der Waals surface area contributed by atoms with E-state index in [4.69, 9.17) is 0 Å². The quantitative estimate of drug-likeness (QED) is 0.904. The fourth-order valence-electron chi connectivity index (χ4n) is 2.40. The molecule has 1 atom stereocenters. The van der Waals surface area contributed by atoms with Crippen molar-refractivity contribution in [1.82, 2.24) is 4.72 Å². The molecule has 1 heterocycles. The van der Waals surface area contributed by atoms with Crippen molar-refractivity contribution in [2.75, 3.05) is 0 Å². The van der Waals surface area contributed by atoms with Crippen molar-refractivity contribution in [2.45, 2.75) is 38.1 Å². The third kappa shape index (κ3) is 3.51. The summed E-state index contributed by atoms with van der Waals surface area (Å²) in [6.07, 6.45) is 0.652. The normalized spacial score (nSPS) is 13.3. The first-order chi connectivity index (χ1) is 9.85. The van der Waals surface area contributed by atoms with E-state index < -0.39 is 15.8 Å². The minimum atomic E-state index is -3.69. The van der Waals surface area contributed by atoms with E-state index in [2.05, 4.69) is 4.72 Å². The number of sulfonamides is 1. The van der Waals surface area contributed by atoms with Gasteiger partial charge in [-0.05, 0) is 55.0 Å². The zero-order valence-corrected chi connectivity index (χ0v) is 13.8. The maximum Gasteiger partial charge on any atom is 0.241 e. The first kappa shape index (κ1) is 16.1. The molecule has 1 N–H and O–H groups in total. The molecule has 0 fully saturated rings. The Kier molecular flexibility index (Phi) is 4.81. The second-order valence-electron chi connectivity index (χ2n) is 4.97. The van der Waals surface area contributed by atoms with Crippen LogP contribution >= 0.6 is 11.3 Å². The SMILES string of the molecule is CCC(NS(=O)(=O)c1c(C)cc(F)cc1C)c1cccs1. The van der Waals surface area contributed by atoms with E-state index in [1.807, 2.05) is 24.4 Å². The van der Waals surface area contributed by atoms with Crippen molar-refractivity contribution in [3.63, 3.8) is 0 Å². The number of nitrogens with one attached hydrogen (secondary N) is 1. The number of aryl methyl sites for hydroxylation is 2. The molecule has 3 nitrogen and oxygen atoms in total. The van der Waals surface area contributed by atoms with Crippen LogP contribution in [0.2, 0.25) is 0 Å². The Hall–Kier alpha value is -1.24. The van der Waals surface area contributed by atoms with Gasteiger partial charge in [0.1, 0.15) is 5.82 Å². The minimum Gasteiger partial charge on any atom is -0.207 e. The lowest BCUT2D eigenvalue weighted by Crippen LogP contribution is -2.29. The molecule has 0 aliphatic rings. The number of hydrogen-bond donors (Lipinski definition) is 1. The molecule has 0 bridgehead atoms. The van der Waals surface area contributed by atoms with Gasteiger partial charge in [0.2, 0.25) is 10.0 Å². The predicted octanol–water partition coefficient (Wildman–Crippen LogP) is 3.93. The van der Waals surface area contributed by atoms with E-state index in [-0.39, 0.29) is 10.9 Å². The van der Waals surface area contributed by atoms with Crippen molar-refractivity contribution in [1.29, 1.82) is 0 Å². The van der Waals surface area contributed by atoms with Crippen LogP contribution in [0.3, 0.4) is 0 Å². The fourth-order valence-corrected chi connectivity index (χ4v) is 5.09. The lowest BCUT2D eigenvalue weighted by molar-refractivity contribution is 0.551. The highest BCUT2D eigenvalue weighted by molar-refractivity contribution is 7.89. The second-order valence-corrected chi connectivity index (χ2v) is 7.60. The summed E-state index contributed by atoms with van der Waals surface area (Å²) in [6.45, 7) is 5.14. The Morgan fingerprint density at radius 3 is 2.38 bits per heavy atom. The highest BCUT2D eigenvalue weighted by Crippen LogP contribution is 2.27. The lowest BCUT2D eigenvalue weighted by atomic mass is 10.1. The van der Waals surface area contributed by atoms with Gasteiger partial charge in [0.05, 0.1) is 10.9 Å². The van der Waals surface area contributed by atoms with Gasteiger partial charge in [-0.15, -0.1) is 11.3 Å². The third-order valence-electron chi connectivity index (χ3n) is 3.29. The Balaban J connectivity index is 2.39. The van der Waals surface area contributed by atoms with Crippen LogP contribution < -0.4 is 4.72 Å². The smallest absolute Gasteiger partial charge is 0.207 e. The van der Waals surface area contributed by atoms with Gasteiger partial charge >= 0.3 is 0 Å². The summed E-state index contributed by atoms with van der Waals surface area (Å²) in [5, 5.41) is 1.92. The summed E-state index contributed by atoms with van der Waals surface area (Å²) in [5.74, 6) is -0.422. The van der Waals surface area contributed by atoms with Gasteiger partial charge in [0.15, 0.2) is 0 Å². The monoisotopic (exact) mass is 327 g/mol. The van der Waals surface area contributed by atoms with Crippen molar-refractivity contribution in [3.05, 3.63) is 51.5 Å². The molecule has 1 aromatic carbocycles. The molecule has 0 spiro atoms. The summed E-state index contributed by atoms with van der Waals surface area (Å²) < 4.78 is 41.3. The van der Waals surface area contributed by atoms with Crippen molar-refractivity contribution in [2.24, 2.45) is 0 Å². The largest absolute Gasteiger partial charge is 0.241 e. The van der Waals surface area contributed by atoms with Crippen molar-refractivity contribution in [3.8, 4) is 0 Å². The van der Waals surface area contributed by atoms with Gasteiger partial charge < -0.3 is 0 Å². The van der Waals surface area contributed by atoms with Crippen molar-refractivity contribution < 1.29 is 12.8 Å². The number of hydrogen-bond acceptors (Lipinski definition) is 3. The van der Waals surface area contributed by atoms with Crippen molar-refractivity contribution >= 4 is 21.4 Å². The van der Waals surface area contributed by atoms with Crippen LogP contribution in [0.25, 0.3) is 0 Å². The molecule has 114 valence electrons. The Morgan fingerprint density at radius 1 is 1.29 bits per heavy atom. The second kappa shape index (κ2) is 6.25. The van der Waals surface area contributed by atoms with E-state index in [0.717, 1.165) is 4.88 Å². The number of halogens is 1. The zero-order chi connectivity index (χ0) is 15.6. The molecule has 6 heteroatoms. The van der Waals surface area contributed by atoms with Crippen LogP contribution in [0.5, 0.6) is 0 Å². The number of thiophene rings is 1. The Labute approximate surface area is 128 Å². The summed E-state index contributed by atoms with van der Waals surface area (Å²) >= 11 is 1.52. The maximum atomic E-state index is 13.3. The molecule has 0 saturated carbocycles. The van der Waals surface area contributed by atoms with Crippen LogP contribution in [0, 0.1) is 19.7 Å². The molecular weight excluding hydrogens is 309 g/mol. The fraction of sp³-hybridized carbons (Fsp3) is 0.333. The average molecular weight is 327 g/mol. The van der Waals surface area contributed by atoms with Gasteiger partial charge in [-0.25, -0.2) is 17.5 Å². The van der Waals surface area contributed by atoms with Gasteiger partial charge in [-0.3, -0.25) is 0 Å². The van der Waals surface area contributed by atoms with Gasteiger partial charge in [-0.1, -0.05) is 13.0 Å². The first-order valence-corrected chi connectivity index (χ1v) is 9.04. The zero-order valence-electron chi connectivity index (χ0n) is 12.2. The standard InChI is InChI=1S/C15H18FNO2S2/c1-4-13(14-6-5-7-20-14)17-21(18,19)15-10(2)8-12(16)9-11(15)3/h5-9,13,17H,4H2,1-3H3. The Bertz CT molecular complexity index is 701. The molecule has 21 heavy (non-hydrogen) atoms. The maximum absolute atomic E-state index is 13.3. The molecule has 0 aliphatic heterocycles. The van der Waals surface area contributed by atoms with Gasteiger partial charge in [-0.2, -0.15) is 0 Å². The van der Waals surface area contributed by atoms with Crippen LogP contribution in [0.15, 0.2) is 34.5 Å². The summed E-state index contributed by atoms with van der Waals surface area (Å²) in [6, 6.07) is 6.03. The van der Waals surface area contributed by atoms with Crippen LogP contribution in [-0.2, 0) is 10.0 Å². The van der Waals surface area contributed by atoms with E-state index in [0.29, 0.717) is 17.5 Å². The number of benzene rings is 1. The van der Waals surface area contributed by atoms with Crippen LogP contribution in [0.4, 0.5) is 4.39 Å². The molecule has 0 radical (unpaired) electrons. The van der Waals surface area contributed by atoms with E-state index in [1.165, 1.54) is 23.5 Å². The summed E-state index contributed by atoms with van der Waals surface area (Å²) in [4.78, 5) is 1.14. The first-order valence-electron chi connectivity index (χ1n) is 6.67. The molecular formula is C15H18FNO2S2. The number of rotatable bonds is 5. The molecule has 2 rings (SSSR count). The molecule has 0 aliphatic carbocycles. The van der Waals surface area contributed by atoms with Crippen LogP contribution in [0.1, 0.15) is 35.4 Å². The molecule has 1 aromatic heterocycles. The summed E-state index contributed by atoms with van der Waals surface area (Å²) in [7, 11) is -3.69. The lowest BCUT2D eigenvalue weighted by Gasteiger charge is -2.18. The van der Waals surface area contributed by atoms with E-state index >= 15 is 0 Å². The molecule has 1 unspecified atom stereocenters. The summed E-state index contributed by atoms with van der Waals surface area (Å²) in [5.41, 5.74) is 0.835. The predicted molar refractivity (Wildman–Crippen MR) is 83.5 cm³/mol. The van der Waals surface area contributed by atoms with E-state index in [1.54, 1.807) is 13.8 Å². The van der Waals surface area contributed by atoms with E-state index in [9.17, 15) is 12.8 Å². The molecule has 2 aromatic rings. The topological polar surface area (TPSA) is 46.2 Å². The molecule has 0 saturated heterocycles. The van der Waals surface area contributed by atoms with Crippen LogP contribution in [-0.4, -0.2) is 8.42 Å². The average Bonchev–Trinajstić information content (AvgIpc) is 2.87. The van der Waals surface area contributed by atoms with Gasteiger partial charge in [0.25, 0.3) is 0 Å². The third-order valence-corrected chi connectivity index (χ3v) is 6.05. The van der Waals surface area contributed by atoms with Gasteiger partial charge in [0, 0.05) is 4.88 Å². The highest BCUT2D eigenvalue weighted by Gasteiger charge is 2.24. The highest BCUT2D eigenvalue weighted by atomic mass is 32.2. The minimum absolute atomic E-state index is 0.166. The Morgan fingerprint density at radius 2 is 1.90 bits per heavy atom. The molecule has 0 amide bonds.